The number of rotatable bonds is 4. The number of hydrogen-bond acceptors (Lipinski definition) is 1. The minimum atomic E-state index is 0. The number of allylic oxidation sites excluding steroid dienone is 2. The maximum atomic E-state index is 4.04. The van der Waals surface area contributed by atoms with Gasteiger partial charge in [0.2, 0.25) is 0 Å². The minimum absolute atomic E-state index is 0. The quantitative estimate of drug-likeness (QED) is 0.475. The van der Waals surface area contributed by atoms with E-state index in [0.717, 1.165) is 12.1 Å². The fourth-order valence-corrected chi connectivity index (χ4v) is 0.716. The van der Waals surface area contributed by atoms with Crippen LogP contribution in [0.2, 0.25) is 0 Å². The van der Waals surface area contributed by atoms with Crippen LogP contribution in [-0.2, 0) is 18.6 Å². The number of unbranched alkanes of at least 4 members (excludes halogenated alkanes) is 1. The topological polar surface area (TPSA) is 12.4 Å². The average Bonchev–Trinajstić information content (AvgIpc) is 1.98. The summed E-state index contributed by atoms with van der Waals surface area (Å²) in [5.41, 5.74) is 1.03. The molecule has 0 atom stereocenters. The fraction of sp³-hybridized carbons (Fsp3) is 0.667. The smallest absolute Gasteiger partial charge is 0.583 e. The van der Waals surface area contributed by atoms with Gasteiger partial charge in [0.15, 0.2) is 0 Å². The van der Waals surface area contributed by atoms with E-state index < -0.39 is 0 Å². The zero-order valence-electron chi connectivity index (χ0n) is 7.52. The Kier molecular flexibility index (Phi) is 12.3. The summed E-state index contributed by atoms with van der Waals surface area (Å²) in [6.45, 7) is 5.88. The van der Waals surface area contributed by atoms with Crippen LogP contribution in [0.3, 0.4) is 0 Å². The van der Waals surface area contributed by atoms with Crippen molar-refractivity contribution < 1.29 is 18.6 Å². The molecule has 0 aliphatic rings. The SMILES string of the molecule is C[C-]=NC(=[C-]C)CCCC.[V+2]. The minimum Gasteiger partial charge on any atom is -0.583 e. The molecule has 0 rings (SSSR count). The van der Waals surface area contributed by atoms with Crippen molar-refractivity contribution in [2.45, 2.75) is 40.0 Å². The van der Waals surface area contributed by atoms with Crippen molar-refractivity contribution in [1.82, 2.24) is 0 Å². The zero-order valence-corrected chi connectivity index (χ0v) is 8.91. The summed E-state index contributed by atoms with van der Waals surface area (Å²) < 4.78 is 0. The molecule has 0 fully saturated rings. The van der Waals surface area contributed by atoms with E-state index >= 15 is 0 Å². The summed E-state index contributed by atoms with van der Waals surface area (Å²) >= 11 is 0. The zero-order chi connectivity index (χ0) is 7.82. The first-order valence-electron chi connectivity index (χ1n) is 3.76. The van der Waals surface area contributed by atoms with Crippen molar-refractivity contribution in [2.24, 2.45) is 4.99 Å². The van der Waals surface area contributed by atoms with Crippen LogP contribution in [0.4, 0.5) is 0 Å². The van der Waals surface area contributed by atoms with Crippen LogP contribution in [0.25, 0.3) is 0 Å². The van der Waals surface area contributed by atoms with Crippen LogP contribution in [0, 0.1) is 6.08 Å². The first-order valence-corrected chi connectivity index (χ1v) is 3.76. The summed E-state index contributed by atoms with van der Waals surface area (Å²) in [5, 5.41) is 0. The molecule has 0 saturated heterocycles. The predicted molar refractivity (Wildman–Crippen MR) is 45.1 cm³/mol. The normalized spacial score (nSPS) is 11.7. The first kappa shape index (κ1) is 13.6. The van der Waals surface area contributed by atoms with Crippen molar-refractivity contribution in [2.75, 3.05) is 0 Å². The van der Waals surface area contributed by atoms with Gasteiger partial charge in [-0.25, -0.2) is 6.92 Å². The third kappa shape index (κ3) is 7.90. The van der Waals surface area contributed by atoms with Gasteiger partial charge in [-0.05, 0) is 0 Å². The van der Waals surface area contributed by atoms with Crippen LogP contribution in [0.1, 0.15) is 40.0 Å². The van der Waals surface area contributed by atoms with Crippen LogP contribution >= 0.6 is 0 Å². The van der Waals surface area contributed by atoms with Crippen molar-refractivity contribution in [3.05, 3.63) is 11.8 Å². The van der Waals surface area contributed by atoms with Gasteiger partial charge in [0.1, 0.15) is 0 Å². The standard InChI is InChI=1S/C9H15N.V/c1-4-7-8-9(5-2)10-6-3;/h4,7-8H2,1-3H3;/q-2;+2. The molecule has 2 heteroatoms. The average molecular weight is 188 g/mol. The van der Waals surface area contributed by atoms with E-state index in [4.69, 9.17) is 0 Å². The first-order chi connectivity index (χ1) is 4.85. The van der Waals surface area contributed by atoms with Gasteiger partial charge < -0.3 is 16.8 Å². The van der Waals surface area contributed by atoms with E-state index in [1.54, 1.807) is 0 Å². The Morgan fingerprint density at radius 3 is 2.36 bits per heavy atom. The molecule has 0 aromatic carbocycles. The van der Waals surface area contributed by atoms with E-state index in [-0.39, 0.29) is 18.6 Å². The summed E-state index contributed by atoms with van der Waals surface area (Å²) in [5.74, 6) is 0. The van der Waals surface area contributed by atoms with Gasteiger partial charge in [-0.3, -0.25) is 0 Å². The van der Waals surface area contributed by atoms with Crippen molar-refractivity contribution >= 4 is 6.21 Å². The Hall–Kier alpha value is -0.00558. The molecular weight excluding hydrogens is 173 g/mol. The molecule has 0 aromatic rings. The molecule has 1 radical (unpaired) electrons. The Morgan fingerprint density at radius 2 is 2.00 bits per heavy atom. The van der Waals surface area contributed by atoms with Gasteiger partial charge in [0.25, 0.3) is 0 Å². The maximum absolute atomic E-state index is 4.04. The Bertz CT molecular complexity index is 128. The second kappa shape index (κ2) is 9.99. The molecule has 0 aromatic heterocycles. The summed E-state index contributed by atoms with van der Waals surface area (Å²) in [6.07, 6.45) is 9.22. The molecule has 0 aliphatic carbocycles. The third-order valence-electron chi connectivity index (χ3n) is 1.30. The number of nitrogens with zero attached hydrogens (tertiary/aromatic N) is 1. The summed E-state index contributed by atoms with van der Waals surface area (Å²) in [6, 6.07) is 0. The fourth-order valence-electron chi connectivity index (χ4n) is 0.716. The number of hydrogen-bond donors (Lipinski definition) is 0. The number of aliphatic imine (C=N–C) groups is 1. The molecule has 0 unspecified atom stereocenters. The summed E-state index contributed by atoms with van der Waals surface area (Å²) in [4.78, 5) is 4.04. The molecule has 0 saturated carbocycles. The molecule has 0 bridgehead atoms. The Balaban J connectivity index is 0. The molecular formula is C9H15NV. The van der Waals surface area contributed by atoms with E-state index in [0.29, 0.717) is 0 Å². The van der Waals surface area contributed by atoms with Gasteiger partial charge in [-0.2, -0.15) is 6.21 Å². The molecule has 61 valence electrons. The van der Waals surface area contributed by atoms with Crippen LogP contribution in [0.5, 0.6) is 0 Å². The van der Waals surface area contributed by atoms with Gasteiger partial charge in [0.05, 0.1) is 0 Å². The van der Waals surface area contributed by atoms with Gasteiger partial charge in [-0.15, -0.1) is 13.3 Å². The predicted octanol–water partition coefficient (Wildman–Crippen LogP) is 2.85. The second-order valence-corrected chi connectivity index (χ2v) is 2.14. The van der Waals surface area contributed by atoms with Gasteiger partial charge in [0, 0.05) is 0 Å². The van der Waals surface area contributed by atoms with Gasteiger partial charge >= 0.3 is 18.6 Å². The molecule has 0 spiro atoms. The van der Waals surface area contributed by atoms with E-state index in [2.05, 4.69) is 24.2 Å². The van der Waals surface area contributed by atoms with Crippen LogP contribution < -0.4 is 0 Å². The summed E-state index contributed by atoms with van der Waals surface area (Å²) in [7, 11) is 0. The monoisotopic (exact) mass is 188 g/mol. The van der Waals surface area contributed by atoms with Crippen LogP contribution in [-0.4, -0.2) is 6.21 Å². The van der Waals surface area contributed by atoms with Crippen molar-refractivity contribution in [3.8, 4) is 0 Å². The molecule has 1 nitrogen and oxygen atoms in total. The maximum Gasteiger partial charge on any atom is 2.00 e. The molecule has 0 aliphatic heterocycles. The second-order valence-electron chi connectivity index (χ2n) is 2.14. The Labute approximate surface area is 81.9 Å². The Morgan fingerprint density at radius 1 is 1.36 bits per heavy atom. The van der Waals surface area contributed by atoms with E-state index in [1.807, 2.05) is 13.8 Å². The van der Waals surface area contributed by atoms with Gasteiger partial charge in [-0.1, -0.05) is 19.8 Å². The van der Waals surface area contributed by atoms with E-state index in [1.165, 1.54) is 12.8 Å². The molecule has 0 heterocycles. The largest absolute Gasteiger partial charge is 2.00 e. The van der Waals surface area contributed by atoms with Crippen molar-refractivity contribution in [1.29, 1.82) is 0 Å². The third-order valence-corrected chi connectivity index (χ3v) is 1.30. The van der Waals surface area contributed by atoms with Crippen LogP contribution in [0.15, 0.2) is 10.7 Å². The van der Waals surface area contributed by atoms with Crippen molar-refractivity contribution in [3.63, 3.8) is 0 Å². The molecule has 0 amide bonds. The molecule has 11 heavy (non-hydrogen) atoms. The van der Waals surface area contributed by atoms with E-state index in [9.17, 15) is 0 Å². The molecule has 0 N–H and O–H groups in total.